The van der Waals surface area contributed by atoms with E-state index >= 15 is 0 Å². The molecule has 5 heteroatoms. The molecular formula is C20H18BrNO3. The lowest BCUT2D eigenvalue weighted by atomic mass is 10.1. The van der Waals surface area contributed by atoms with E-state index in [1.807, 2.05) is 54.0 Å². The predicted molar refractivity (Wildman–Crippen MR) is 101 cm³/mol. The van der Waals surface area contributed by atoms with Crippen molar-refractivity contribution in [3.05, 3.63) is 69.3 Å². The first-order valence-corrected chi connectivity index (χ1v) is 8.84. The molecule has 0 unspecified atom stereocenters. The summed E-state index contributed by atoms with van der Waals surface area (Å²) in [6.45, 7) is 4.52. The van der Waals surface area contributed by atoms with Crippen LogP contribution in [0.1, 0.15) is 38.9 Å². The second-order valence-electron chi connectivity index (χ2n) is 5.83. The molecule has 0 aliphatic carbocycles. The van der Waals surface area contributed by atoms with Crippen molar-refractivity contribution in [3.8, 4) is 0 Å². The summed E-state index contributed by atoms with van der Waals surface area (Å²) in [6, 6.07) is 13.8. The normalized spacial score (nSPS) is 10.8. The summed E-state index contributed by atoms with van der Waals surface area (Å²) in [6.07, 6.45) is 0.729. The number of aryl methyl sites for hydroxylation is 1. The fourth-order valence-corrected chi connectivity index (χ4v) is 3.29. The van der Waals surface area contributed by atoms with Gasteiger partial charge in [-0.25, -0.2) is 4.79 Å². The number of benzene rings is 2. The molecule has 1 heterocycles. The Kier molecular flexibility index (Phi) is 5.04. The number of esters is 1. The van der Waals surface area contributed by atoms with Crippen LogP contribution in [0.3, 0.4) is 0 Å². The third-order valence-corrected chi connectivity index (χ3v) is 4.61. The van der Waals surface area contributed by atoms with E-state index in [-0.39, 0.29) is 6.61 Å². The van der Waals surface area contributed by atoms with Crippen molar-refractivity contribution < 1.29 is 14.3 Å². The van der Waals surface area contributed by atoms with Gasteiger partial charge in [0, 0.05) is 21.9 Å². The number of hydrogen-bond acceptors (Lipinski definition) is 3. The first-order chi connectivity index (χ1) is 12.0. The summed E-state index contributed by atoms with van der Waals surface area (Å²) in [7, 11) is 0. The fourth-order valence-electron chi connectivity index (χ4n) is 2.93. The fraction of sp³-hybridized carbons (Fsp3) is 0.200. The SMILES string of the molecule is CCOC(=O)c1c(C=O)c2cc(Br)ccc2n1Cc1ccc(C)cc1. The van der Waals surface area contributed by atoms with E-state index in [1.54, 1.807) is 6.92 Å². The number of ether oxygens (including phenoxy) is 1. The number of halogens is 1. The summed E-state index contributed by atoms with van der Waals surface area (Å²) in [5.74, 6) is -0.482. The summed E-state index contributed by atoms with van der Waals surface area (Å²) in [4.78, 5) is 24.3. The molecule has 0 amide bonds. The third-order valence-electron chi connectivity index (χ3n) is 4.11. The Hall–Kier alpha value is -2.40. The van der Waals surface area contributed by atoms with Crippen LogP contribution in [-0.4, -0.2) is 23.4 Å². The highest BCUT2D eigenvalue weighted by Crippen LogP contribution is 2.29. The first-order valence-electron chi connectivity index (χ1n) is 8.04. The van der Waals surface area contributed by atoms with Crippen molar-refractivity contribution in [3.63, 3.8) is 0 Å². The summed E-state index contributed by atoms with van der Waals surface area (Å²) >= 11 is 3.43. The van der Waals surface area contributed by atoms with Crippen molar-refractivity contribution in [2.45, 2.75) is 20.4 Å². The number of hydrogen-bond donors (Lipinski definition) is 0. The molecule has 0 atom stereocenters. The minimum absolute atomic E-state index is 0.257. The van der Waals surface area contributed by atoms with E-state index in [4.69, 9.17) is 4.74 Å². The zero-order valence-corrected chi connectivity index (χ0v) is 15.7. The Balaban J connectivity index is 2.23. The molecule has 0 saturated carbocycles. The summed E-state index contributed by atoms with van der Waals surface area (Å²) in [5, 5.41) is 0.736. The first kappa shape index (κ1) is 17.4. The lowest BCUT2D eigenvalue weighted by Crippen LogP contribution is -2.14. The number of fused-ring (bicyclic) bond motifs is 1. The molecule has 0 spiro atoms. The van der Waals surface area contributed by atoms with Crippen LogP contribution in [0, 0.1) is 6.92 Å². The van der Waals surface area contributed by atoms with Gasteiger partial charge in [0.05, 0.1) is 12.2 Å². The average Bonchev–Trinajstić information content (AvgIpc) is 2.89. The topological polar surface area (TPSA) is 48.3 Å². The lowest BCUT2D eigenvalue weighted by molar-refractivity contribution is 0.0513. The Bertz CT molecular complexity index is 942. The van der Waals surface area contributed by atoms with E-state index in [0.29, 0.717) is 17.8 Å². The molecule has 3 rings (SSSR count). The Morgan fingerprint density at radius 1 is 1.20 bits per heavy atom. The van der Waals surface area contributed by atoms with Gasteiger partial charge in [-0.15, -0.1) is 0 Å². The molecular weight excluding hydrogens is 382 g/mol. The van der Waals surface area contributed by atoms with Gasteiger partial charge in [0.2, 0.25) is 0 Å². The van der Waals surface area contributed by atoms with Crippen LogP contribution in [0.15, 0.2) is 46.9 Å². The van der Waals surface area contributed by atoms with Crippen LogP contribution in [-0.2, 0) is 11.3 Å². The molecule has 3 aromatic rings. The van der Waals surface area contributed by atoms with Crippen molar-refractivity contribution in [2.24, 2.45) is 0 Å². The second kappa shape index (κ2) is 7.23. The summed E-state index contributed by atoms with van der Waals surface area (Å²) < 4.78 is 7.91. The van der Waals surface area contributed by atoms with Gasteiger partial charge < -0.3 is 9.30 Å². The van der Waals surface area contributed by atoms with E-state index in [9.17, 15) is 9.59 Å². The summed E-state index contributed by atoms with van der Waals surface area (Å²) in [5.41, 5.74) is 3.71. The van der Waals surface area contributed by atoms with Crippen LogP contribution in [0.5, 0.6) is 0 Å². The number of carbonyl (C=O) groups is 2. The third kappa shape index (κ3) is 3.37. The molecule has 0 radical (unpaired) electrons. The van der Waals surface area contributed by atoms with E-state index in [2.05, 4.69) is 15.9 Å². The van der Waals surface area contributed by atoms with Gasteiger partial charge in [-0.05, 0) is 37.6 Å². The van der Waals surface area contributed by atoms with E-state index in [0.717, 1.165) is 27.2 Å². The van der Waals surface area contributed by atoms with Crippen LogP contribution < -0.4 is 0 Å². The molecule has 1 aromatic heterocycles. The number of aldehydes is 1. The maximum atomic E-state index is 12.5. The van der Waals surface area contributed by atoms with Gasteiger partial charge in [-0.1, -0.05) is 45.8 Å². The molecule has 0 aliphatic rings. The quantitative estimate of drug-likeness (QED) is 0.459. The van der Waals surface area contributed by atoms with Crippen LogP contribution in [0.2, 0.25) is 0 Å². The number of carbonyl (C=O) groups excluding carboxylic acids is 2. The highest BCUT2D eigenvalue weighted by atomic mass is 79.9. The molecule has 128 valence electrons. The van der Waals surface area contributed by atoms with Crippen molar-refractivity contribution in [1.82, 2.24) is 4.57 Å². The van der Waals surface area contributed by atoms with Crippen molar-refractivity contribution >= 4 is 39.1 Å². The van der Waals surface area contributed by atoms with Gasteiger partial charge in [-0.3, -0.25) is 4.79 Å². The van der Waals surface area contributed by atoms with Crippen LogP contribution in [0.4, 0.5) is 0 Å². The number of nitrogens with zero attached hydrogens (tertiary/aromatic N) is 1. The maximum absolute atomic E-state index is 12.5. The average molecular weight is 400 g/mol. The Morgan fingerprint density at radius 2 is 1.92 bits per heavy atom. The van der Waals surface area contributed by atoms with Crippen LogP contribution >= 0.6 is 15.9 Å². The maximum Gasteiger partial charge on any atom is 0.355 e. The number of aromatic nitrogens is 1. The van der Waals surface area contributed by atoms with Gasteiger partial charge in [0.15, 0.2) is 6.29 Å². The molecule has 0 fully saturated rings. The molecule has 0 saturated heterocycles. The zero-order chi connectivity index (χ0) is 18.0. The minimum atomic E-state index is -0.482. The minimum Gasteiger partial charge on any atom is -0.461 e. The standard InChI is InChI=1S/C20H18BrNO3/c1-3-25-20(24)19-17(12-23)16-10-15(21)8-9-18(16)22(19)11-14-6-4-13(2)5-7-14/h4-10,12H,3,11H2,1-2H3. The zero-order valence-electron chi connectivity index (χ0n) is 14.1. The molecule has 4 nitrogen and oxygen atoms in total. The molecule has 2 aromatic carbocycles. The predicted octanol–water partition coefficient (Wildman–Crippen LogP) is 4.75. The highest BCUT2D eigenvalue weighted by Gasteiger charge is 2.23. The lowest BCUT2D eigenvalue weighted by Gasteiger charge is -2.11. The van der Waals surface area contributed by atoms with Crippen LogP contribution in [0.25, 0.3) is 10.9 Å². The monoisotopic (exact) mass is 399 g/mol. The van der Waals surface area contributed by atoms with Gasteiger partial charge >= 0.3 is 5.97 Å². The molecule has 0 bridgehead atoms. The van der Waals surface area contributed by atoms with E-state index < -0.39 is 5.97 Å². The van der Waals surface area contributed by atoms with Crippen molar-refractivity contribution in [1.29, 1.82) is 0 Å². The Morgan fingerprint density at radius 3 is 2.56 bits per heavy atom. The molecule has 0 N–H and O–H groups in total. The van der Waals surface area contributed by atoms with Gasteiger partial charge in [-0.2, -0.15) is 0 Å². The van der Waals surface area contributed by atoms with E-state index in [1.165, 1.54) is 5.56 Å². The largest absolute Gasteiger partial charge is 0.461 e. The van der Waals surface area contributed by atoms with Crippen molar-refractivity contribution in [2.75, 3.05) is 6.61 Å². The van der Waals surface area contributed by atoms with Gasteiger partial charge in [0.25, 0.3) is 0 Å². The second-order valence-corrected chi connectivity index (χ2v) is 6.75. The highest BCUT2D eigenvalue weighted by molar-refractivity contribution is 9.10. The van der Waals surface area contributed by atoms with Gasteiger partial charge in [0.1, 0.15) is 5.69 Å². The Labute approximate surface area is 154 Å². The number of rotatable bonds is 5. The molecule has 25 heavy (non-hydrogen) atoms. The smallest absolute Gasteiger partial charge is 0.355 e. The molecule has 0 aliphatic heterocycles.